The Kier molecular flexibility index (Phi) is 5.81. The van der Waals surface area contributed by atoms with Crippen molar-refractivity contribution in [3.8, 4) is 5.88 Å². The highest BCUT2D eigenvalue weighted by molar-refractivity contribution is 8.03. The standard InChI is InChI=1S/C21H16F6N4OS/c1-31-10-33-18(21(25,26)27)17(31)11-3-4-12-14(7-8-28-15(12)9-11)29-16-6-5-13(20(22,23)24)19(30-16)32-2/h3-9H,10H2,1-2H3,(H,28,29,30). The number of benzene rings is 1. The zero-order valence-electron chi connectivity index (χ0n) is 17.2. The van der Waals surface area contributed by atoms with E-state index in [1.165, 1.54) is 11.1 Å². The van der Waals surface area contributed by atoms with E-state index in [4.69, 9.17) is 4.74 Å². The molecule has 3 heterocycles. The number of methoxy groups -OCH3 is 1. The molecule has 0 saturated carbocycles. The van der Waals surface area contributed by atoms with Gasteiger partial charge in [-0.2, -0.15) is 31.3 Å². The van der Waals surface area contributed by atoms with Crippen molar-refractivity contribution in [2.45, 2.75) is 12.4 Å². The molecule has 1 N–H and O–H groups in total. The number of pyridine rings is 2. The van der Waals surface area contributed by atoms with E-state index >= 15 is 0 Å². The minimum Gasteiger partial charge on any atom is -0.481 e. The van der Waals surface area contributed by atoms with E-state index in [1.807, 2.05) is 0 Å². The van der Waals surface area contributed by atoms with Gasteiger partial charge in [-0.25, -0.2) is 0 Å². The second-order valence-electron chi connectivity index (χ2n) is 7.11. The van der Waals surface area contributed by atoms with Crippen LogP contribution in [-0.4, -0.2) is 41.1 Å². The van der Waals surface area contributed by atoms with Crippen LogP contribution in [0.4, 0.5) is 37.8 Å². The molecule has 1 aliphatic rings. The topological polar surface area (TPSA) is 50.3 Å². The molecule has 0 bridgehead atoms. The van der Waals surface area contributed by atoms with Gasteiger partial charge in [0.25, 0.3) is 0 Å². The lowest BCUT2D eigenvalue weighted by molar-refractivity contribution is -0.139. The normalized spacial score (nSPS) is 14.8. The van der Waals surface area contributed by atoms with Gasteiger partial charge in [0.05, 0.1) is 29.9 Å². The highest BCUT2D eigenvalue weighted by atomic mass is 32.2. The summed E-state index contributed by atoms with van der Waals surface area (Å²) in [4.78, 5) is 8.97. The summed E-state index contributed by atoms with van der Waals surface area (Å²) in [6.07, 6.45) is -7.64. The number of fused-ring (bicyclic) bond motifs is 1. The molecular weight excluding hydrogens is 470 g/mol. The SMILES string of the molecule is COc1nc(Nc2ccnc3cc(C4=C(C(F)(F)F)SCN4C)ccc23)ccc1C(F)(F)F. The molecule has 2 aromatic heterocycles. The van der Waals surface area contributed by atoms with Crippen LogP contribution in [0.1, 0.15) is 11.1 Å². The molecule has 1 aromatic carbocycles. The van der Waals surface area contributed by atoms with Crippen LogP contribution in [0.15, 0.2) is 47.5 Å². The molecule has 0 saturated heterocycles. The number of allylic oxidation sites excluding steroid dienone is 1. The van der Waals surface area contributed by atoms with Crippen molar-refractivity contribution in [2.24, 2.45) is 0 Å². The maximum Gasteiger partial charge on any atom is 0.424 e. The van der Waals surface area contributed by atoms with Gasteiger partial charge in [-0.15, -0.1) is 0 Å². The third kappa shape index (κ3) is 4.52. The highest BCUT2D eigenvalue weighted by Gasteiger charge is 2.41. The summed E-state index contributed by atoms with van der Waals surface area (Å²) in [5.41, 5.74) is 0.313. The van der Waals surface area contributed by atoms with Gasteiger partial charge in [0.15, 0.2) is 0 Å². The number of ether oxygens (including phenoxy) is 1. The Morgan fingerprint density at radius 1 is 1.03 bits per heavy atom. The molecule has 174 valence electrons. The molecule has 0 amide bonds. The molecule has 0 atom stereocenters. The van der Waals surface area contributed by atoms with Gasteiger partial charge >= 0.3 is 12.4 Å². The molecule has 0 fully saturated rings. The van der Waals surface area contributed by atoms with Crippen LogP contribution < -0.4 is 10.1 Å². The Bertz CT molecular complexity index is 1240. The minimum atomic E-state index is -4.62. The third-order valence-electron chi connectivity index (χ3n) is 4.89. The number of nitrogens with zero attached hydrogens (tertiary/aromatic N) is 3. The lowest BCUT2D eigenvalue weighted by atomic mass is 10.1. The molecule has 1 aliphatic heterocycles. The zero-order valence-corrected chi connectivity index (χ0v) is 18.0. The molecule has 0 radical (unpaired) electrons. The summed E-state index contributed by atoms with van der Waals surface area (Å²) in [6.45, 7) is 0. The lowest BCUT2D eigenvalue weighted by Crippen LogP contribution is -2.14. The number of hydrogen-bond acceptors (Lipinski definition) is 6. The molecule has 0 aliphatic carbocycles. The molecule has 0 unspecified atom stereocenters. The van der Waals surface area contributed by atoms with E-state index in [2.05, 4.69) is 15.3 Å². The summed E-state index contributed by atoms with van der Waals surface area (Å²) in [5, 5.41) is 3.49. The monoisotopic (exact) mass is 486 g/mol. The smallest absolute Gasteiger partial charge is 0.424 e. The molecule has 12 heteroatoms. The van der Waals surface area contributed by atoms with Crippen LogP contribution in [0.25, 0.3) is 16.6 Å². The van der Waals surface area contributed by atoms with Gasteiger partial charge in [-0.1, -0.05) is 23.9 Å². The van der Waals surface area contributed by atoms with Crippen molar-refractivity contribution in [3.05, 3.63) is 58.6 Å². The van der Waals surface area contributed by atoms with Crippen molar-refractivity contribution >= 4 is 39.9 Å². The number of thioether (sulfide) groups is 1. The molecule has 5 nitrogen and oxygen atoms in total. The first kappa shape index (κ1) is 23.0. The summed E-state index contributed by atoms with van der Waals surface area (Å²) in [6, 6.07) is 8.32. The second kappa shape index (κ2) is 8.32. The van der Waals surface area contributed by atoms with Crippen molar-refractivity contribution < 1.29 is 31.1 Å². The van der Waals surface area contributed by atoms with E-state index in [-0.39, 0.29) is 17.4 Å². The molecular formula is C21H16F6N4OS. The first-order valence-electron chi connectivity index (χ1n) is 9.43. The summed E-state index contributed by atoms with van der Waals surface area (Å²) < 4.78 is 84.3. The third-order valence-corrected chi connectivity index (χ3v) is 6.12. The fourth-order valence-electron chi connectivity index (χ4n) is 3.46. The first-order chi connectivity index (χ1) is 15.5. The largest absolute Gasteiger partial charge is 0.481 e. The van der Waals surface area contributed by atoms with Crippen LogP contribution in [0.2, 0.25) is 0 Å². The number of aromatic nitrogens is 2. The average Bonchev–Trinajstić information content (AvgIpc) is 3.14. The van der Waals surface area contributed by atoms with E-state index < -0.39 is 28.7 Å². The Labute approximate surface area is 188 Å². The van der Waals surface area contributed by atoms with Crippen molar-refractivity contribution in [1.29, 1.82) is 0 Å². The summed E-state index contributed by atoms with van der Waals surface area (Å²) >= 11 is 0.725. The van der Waals surface area contributed by atoms with E-state index in [1.54, 1.807) is 31.3 Å². The van der Waals surface area contributed by atoms with Gasteiger partial charge < -0.3 is 15.0 Å². The summed E-state index contributed by atoms with van der Waals surface area (Å²) in [5.74, 6) is -0.300. The van der Waals surface area contributed by atoms with Crippen LogP contribution in [0, 0.1) is 0 Å². The lowest BCUT2D eigenvalue weighted by Gasteiger charge is -2.18. The van der Waals surface area contributed by atoms with E-state index in [9.17, 15) is 26.3 Å². The zero-order chi connectivity index (χ0) is 24.0. The number of rotatable bonds is 4. The summed E-state index contributed by atoms with van der Waals surface area (Å²) in [7, 11) is 2.67. The Morgan fingerprint density at radius 3 is 2.45 bits per heavy atom. The van der Waals surface area contributed by atoms with Gasteiger partial charge in [0.2, 0.25) is 5.88 Å². The fraction of sp³-hybridized carbons (Fsp3) is 0.238. The van der Waals surface area contributed by atoms with Gasteiger partial charge in [-0.3, -0.25) is 4.98 Å². The number of hydrogen-bond donors (Lipinski definition) is 1. The quantitative estimate of drug-likeness (QED) is 0.439. The van der Waals surface area contributed by atoms with Crippen molar-refractivity contribution in [1.82, 2.24) is 14.9 Å². The maximum absolute atomic E-state index is 13.4. The van der Waals surface area contributed by atoms with Crippen LogP contribution in [0.3, 0.4) is 0 Å². The molecule has 3 aromatic rings. The fourth-order valence-corrected chi connectivity index (χ4v) is 4.48. The molecule has 4 rings (SSSR count). The van der Waals surface area contributed by atoms with Crippen LogP contribution in [0.5, 0.6) is 5.88 Å². The van der Waals surface area contributed by atoms with Crippen LogP contribution >= 0.6 is 11.8 Å². The van der Waals surface area contributed by atoms with Crippen molar-refractivity contribution in [3.63, 3.8) is 0 Å². The highest BCUT2D eigenvalue weighted by Crippen LogP contribution is 2.46. The Balaban J connectivity index is 1.72. The number of alkyl halides is 6. The van der Waals surface area contributed by atoms with Crippen LogP contribution in [-0.2, 0) is 6.18 Å². The number of halogens is 6. The average molecular weight is 486 g/mol. The van der Waals surface area contributed by atoms with Gasteiger partial charge in [0, 0.05) is 24.2 Å². The second-order valence-corrected chi connectivity index (χ2v) is 8.07. The predicted molar refractivity (Wildman–Crippen MR) is 114 cm³/mol. The number of nitrogens with one attached hydrogen (secondary N) is 1. The van der Waals surface area contributed by atoms with Crippen molar-refractivity contribution in [2.75, 3.05) is 25.4 Å². The van der Waals surface area contributed by atoms with E-state index in [0.717, 1.165) is 31.0 Å². The Hall–Kier alpha value is -3.15. The van der Waals surface area contributed by atoms with Gasteiger partial charge in [0.1, 0.15) is 16.3 Å². The first-order valence-corrected chi connectivity index (χ1v) is 10.4. The maximum atomic E-state index is 13.4. The minimum absolute atomic E-state index is 0.0729. The predicted octanol–water partition coefficient (Wildman–Crippen LogP) is 6.27. The molecule has 33 heavy (non-hydrogen) atoms. The number of anilines is 2. The Morgan fingerprint density at radius 2 is 1.79 bits per heavy atom. The van der Waals surface area contributed by atoms with Gasteiger partial charge in [-0.05, 0) is 24.3 Å². The van der Waals surface area contributed by atoms with E-state index in [0.29, 0.717) is 22.2 Å². The molecule has 0 spiro atoms.